The molecule has 0 saturated heterocycles. The van der Waals surface area contributed by atoms with Crippen LogP contribution < -0.4 is 4.73 Å². The smallest absolute Gasteiger partial charge is 0.223 e. The Kier molecular flexibility index (Phi) is 2.65. The first-order chi connectivity index (χ1) is 5.38. The molecule has 2 nitrogen and oxygen atoms in total. The summed E-state index contributed by atoms with van der Waals surface area (Å²) in [5.41, 5.74) is 0.718. The van der Waals surface area contributed by atoms with Crippen LogP contribution in [-0.2, 0) is 0 Å². The largest absolute Gasteiger partial charge is 0.618 e. The molecule has 1 aromatic carbocycles. The van der Waals surface area contributed by atoms with E-state index in [0.717, 1.165) is 15.6 Å². The molecule has 2 rings (SSSR count). The van der Waals surface area contributed by atoms with Crippen LogP contribution in [0.4, 0.5) is 0 Å². The van der Waals surface area contributed by atoms with Gasteiger partial charge in [-0.15, -0.1) is 17.0 Å². The Morgan fingerprint density at radius 1 is 1.00 bits per heavy atom. The maximum Gasteiger partial charge on any atom is 0.223 e. The first-order valence-corrected chi connectivity index (χ1v) is 3.45. The van der Waals surface area contributed by atoms with Gasteiger partial charge in [-0.3, -0.25) is 0 Å². The molecule has 0 spiro atoms. The molecule has 0 radical (unpaired) electrons. The minimum absolute atomic E-state index is 0. The number of hydrogen-bond acceptors (Lipinski definition) is 1. The number of pyridine rings is 1. The highest BCUT2D eigenvalue weighted by atomic mass is 79.9. The number of rotatable bonds is 0. The van der Waals surface area contributed by atoms with Crippen LogP contribution in [-0.4, -0.2) is 0 Å². The Balaban J connectivity index is 0.000000720. The van der Waals surface area contributed by atoms with Crippen molar-refractivity contribution in [3.63, 3.8) is 0 Å². The summed E-state index contributed by atoms with van der Waals surface area (Å²) in [6.45, 7) is 0. The van der Waals surface area contributed by atoms with E-state index in [2.05, 4.69) is 0 Å². The lowest BCUT2D eigenvalue weighted by atomic mass is 10.2. The van der Waals surface area contributed by atoms with Crippen LogP contribution in [0, 0.1) is 5.21 Å². The van der Waals surface area contributed by atoms with Crippen molar-refractivity contribution in [3.8, 4) is 0 Å². The Morgan fingerprint density at radius 2 is 1.67 bits per heavy atom. The molecule has 0 aliphatic rings. The third kappa shape index (κ3) is 1.41. The standard InChI is InChI=1S/C9H7NO.BrH/c11-10-7-3-5-8-4-1-2-6-9(8)10;/h1-7H;1H. The molecule has 0 bridgehead atoms. The number of halogens is 1. The zero-order valence-corrected chi connectivity index (χ0v) is 8.02. The van der Waals surface area contributed by atoms with Gasteiger partial charge in [-0.1, -0.05) is 12.1 Å². The van der Waals surface area contributed by atoms with Gasteiger partial charge in [0.25, 0.3) is 0 Å². The highest BCUT2D eigenvalue weighted by Crippen LogP contribution is 2.06. The lowest BCUT2D eigenvalue weighted by Crippen LogP contribution is -2.25. The third-order valence-electron chi connectivity index (χ3n) is 1.67. The molecule has 0 N–H and O–H groups in total. The van der Waals surface area contributed by atoms with E-state index in [-0.39, 0.29) is 17.0 Å². The van der Waals surface area contributed by atoms with Crippen LogP contribution in [0.25, 0.3) is 10.9 Å². The second-order valence-electron chi connectivity index (χ2n) is 2.39. The lowest BCUT2D eigenvalue weighted by molar-refractivity contribution is -0.577. The highest BCUT2D eigenvalue weighted by molar-refractivity contribution is 8.93. The van der Waals surface area contributed by atoms with E-state index in [1.807, 2.05) is 30.3 Å². The lowest BCUT2D eigenvalue weighted by Gasteiger charge is -1.98. The van der Waals surface area contributed by atoms with Crippen molar-refractivity contribution in [1.82, 2.24) is 0 Å². The summed E-state index contributed by atoms with van der Waals surface area (Å²) >= 11 is 0. The van der Waals surface area contributed by atoms with Crippen LogP contribution in [0.1, 0.15) is 0 Å². The van der Waals surface area contributed by atoms with Crippen LogP contribution >= 0.6 is 17.0 Å². The fourth-order valence-electron chi connectivity index (χ4n) is 1.13. The number of nitrogens with zero attached hydrogens (tertiary/aromatic N) is 1. The second-order valence-corrected chi connectivity index (χ2v) is 2.39. The van der Waals surface area contributed by atoms with E-state index < -0.39 is 0 Å². The average molecular weight is 226 g/mol. The molecule has 62 valence electrons. The maximum atomic E-state index is 11.1. The first kappa shape index (κ1) is 9.00. The third-order valence-corrected chi connectivity index (χ3v) is 1.67. The quantitative estimate of drug-likeness (QED) is 0.498. The molecule has 3 heteroatoms. The second kappa shape index (κ2) is 3.54. The van der Waals surface area contributed by atoms with E-state index in [1.54, 1.807) is 6.07 Å². The summed E-state index contributed by atoms with van der Waals surface area (Å²) < 4.78 is 0.870. The van der Waals surface area contributed by atoms with Gasteiger partial charge in [0.1, 0.15) is 0 Å². The molecule has 1 aromatic heterocycles. The Labute approximate surface area is 80.8 Å². The van der Waals surface area contributed by atoms with Gasteiger partial charge < -0.3 is 5.21 Å². The van der Waals surface area contributed by atoms with Crippen LogP contribution in [0.15, 0.2) is 42.6 Å². The predicted octanol–water partition coefficient (Wildman–Crippen LogP) is 2.05. The highest BCUT2D eigenvalue weighted by Gasteiger charge is 1.97. The van der Waals surface area contributed by atoms with E-state index in [1.165, 1.54) is 6.20 Å². The van der Waals surface area contributed by atoms with Crippen LogP contribution in [0.3, 0.4) is 0 Å². The maximum absolute atomic E-state index is 11.1. The molecule has 0 fully saturated rings. The number of hydrogen-bond donors (Lipinski definition) is 0. The fraction of sp³-hybridized carbons (Fsp3) is 0. The topological polar surface area (TPSA) is 26.9 Å². The molecule has 0 unspecified atom stereocenters. The van der Waals surface area contributed by atoms with Crippen molar-refractivity contribution in [3.05, 3.63) is 47.8 Å². The van der Waals surface area contributed by atoms with Gasteiger partial charge in [0, 0.05) is 17.5 Å². The SMILES string of the molecule is Br.[O-][n+]1cccc2ccccc21. The number of benzene rings is 1. The summed E-state index contributed by atoms with van der Waals surface area (Å²) in [5.74, 6) is 0. The van der Waals surface area contributed by atoms with E-state index >= 15 is 0 Å². The monoisotopic (exact) mass is 225 g/mol. The van der Waals surface area contributed by atoms with Crippen molar-refractivity contribution in [2.75, 3.05) is 0 Å². The Hall–Kier alpha value is -1.09. The first-order valence-electron chi connectivity index (χ1n) is 3.45. The average Bonchev–Trinajstić information content (AvgIpc) is 2.06. The van der Waals surface area contributed by atoms with Gasteiger partial charge in [0.05, 0.1) is 0 Å². The fourth-order valence-corrected chi connectivity index (χ4v) is 1.13. The van der Waals surface area contributed by atoms with Crippen LogP contribution in [0.2, 0.25) is 0 Å². The van der Waals surface area contributed by atoms with Gasteiger partial charge in [0.2, 0.25) is 5.52 Å². The Morgan fingerprint density at radius 3 is 2.42 bits per heavy atom. The molecule has 1 heterocycles. The van der Waals surface area contributed by atoms with Crippen molar-refractivity contribution < 1.29 is 4.73 Å². The number of para-hydroxylation sites is 1. The van der Waals surface area contributed by atoms with Crippen LogP contribution in [0.5, 0.6) is 0 Å². The zero-order valence-electron chi connectivity index (χ0n) is 6.31. The molecular formula is C9H8BrNO. The molecule has 0 saturated carbocycles. The van der Waals surface area contributed by atoms with E-state index in [4.69, 9.17) is 0 Å². The van der Waals surface area contributed by atoms with Crippen molar-refractivity contribution in [2.45, 2.75) is 0 Å². The molecule has 0 aliphatic heterocycles. The van der Waals surface area contributed by atoms with Gasteiger partial charge in [0.15, 0.2) is 6.20 Å². The molecular weight excluding hydrogens is 218 g/mol. The van der Waals surface area contributed by atoms with Gasteiger partial charge in [-0.05, 0) is 12.1 Å². The molecule has 0 atom stereocenters. The molecule has 2 aromatic rings. The summed E-state index contributed by atoms with van der Waals surface area (Å²) in [5, 5.41) is 12.1. The normalized spacial score (nSPS) is 9.33. The van der Waals surface area contributed by atoms with Gasteiger partial charge in [-0.2, -0.15) is 4.73 Å². The summed E-state index contributed by atoms with van der Waals surface area (Å²) in [7, 11) is 0. The Bertz CT molecular complexity index is 384. The van der Waals surface area contributed by atoms with Crippen molar-refractivity contribution >= 4 is 27.9 Å². The van der Waals surface area contributed by atoms with Crippen molar-refractivity contribution in [2.24, 2.45) is 0 Å². The molecule has 0 aliphatic carbocycles. The van der Waals surface area contributed by atoms with Crippen molar-refractivity contribution in [1.29, 1.82) is 0 Å². The zero-order chi connectivity index (χ0) is 7.68. The number of aromatic nitrogens is 1. The van der Waals surface area contributed by atoms with Gasteiger partial charge in [-0.25, -0.2) is 0 Å². The predicted molar refractivity (Wildman–Crippen MR) is 53.2 cm³/mol. The number of fused-ring (bicyclic) bond motifs is 1. The summed E-state index contributed by atoms with van der Waals surface area (Å²) in [4.78, 5) is 0. The molecule has 0 amide bonds. The minimum Gasteiger partial charge on any atom is -0.618 e. The molecule has 12 heavy (non-hydrogen) atoms. The van der Waals surface area contributed by atoms with E-state index in [9.17, 15) is 5.21 Å². The van der Waals surface area contributed by atoms with E-state index in [0.29, 0.717) is 0 Å². The minimum atomic E-state index is 0. The summed E-state index contributed by atoms with van der Waals surface area (Å²) in [6, 6.07) is 11.2. The van der Waals surface area contributed by atoms with Gasteiger partial charge >= 0.3 is 0 Å². The summed E-state index contributed by atoms with van der Waals surface area (Å²) in [6.07, 6.45) is 1.50.